The third kappa shape index (κ3) is 2.45. The molecule has 20 heavy (non-hydrogen) atoms. The summed E-state index contributed by atoms with van der Waals surface area (Å²) in [4.78, 5) is 15.7. The van der Waals surface area contributed by atoms with E-state index in [1.165, 1.54) is 18.3 Å². The van der Waals surface area contributed by atoms with Crippen molar-refractivity contribution >= 4 is 11.9 Å². The van der Waals surface area contributed by atoms with E-state index < -0.39 is 5.91 Å². The Kier molecular flexibility index (Phi) is 3.30. The van der Waals surface area contributed by atoms with Crippen molar-refractivity contribution in [3.63, 3.8) is 0 Å². The topological polar surface area (TPSA) is 113 Å². The van der Waals surface area contributed by atoms with Gasteiger partial charge >= 0.3 is 6.01 Å². The molecule has 1 aliphatic rings. The lowest BCUT2D eigenvalue weighted by atomic mass is 10.2. The van der Waals surface area contributed by atoms with Gasteiger partial charge in [-0.2, -0.15) is 0 Å². The summed E-state index contributed by atoms with van der Waals surface area (Å²) in [5.41, 5.74) is -0.0914. The summed E-state index contributed by atoms with van der Waals surface area (Å²) in [7, 11) is 0. The Bertz CT molecular complexity index is 621. The maximum absolute atomic E-state index is 11.9. The monoisotopic (exact) mass is 275 g/mol. The molecule has 0 saturated carbocycles. The summed E-state index contributed by atoms with van der Waals surface area (Å²) < 4.78 is 5.37. The van der Waals surface area contributed by atoms with Gasteiger partial charge < -0.3 is 14.8 Å². The summed E-state index contributed by atoms with van der Waals surface area (Å²) >= 11 is 0. The molecule has 3 rings (SSSR count). The van der Waals surface area contributed by atoms with Gasteiger partial charge in [-0.3, -0.25) is 10.1 Å². The van der Waals surface area contributed by atoms with E-state index >= 15 is 0 Å². The van der Waals surface area contributed by atoms with Crippen molar-refractivity contribution in [2.45, 2.75) is 18.9 Å². The number of nitrogens with zero attached hydrogens (tertiary/aromatic N) is 3. The first-order valence-corrected chi connectivity index (χ1v) is 6.26. The maximum atomic E-state index is 11.9. The van der Waals surface area contributed by atoms with Gasteiger partial charge in [0.2, 0.25) is 5.89 Å². The zero-order valence-corrected chi connectivity index (χ0v) is 10.5. The minimum Gasteiger partial charge on any atom is -0.505 e. The van der Waals surface area contributed by atoms with Crippen molar-refractivity contribution in [1.82, 2.24) is 20.5 Å². The molecule has 0 bridgehead atoms. The molecular weight excluding hydrogens is 262 g/mol. The SMILES string of the molecule is O=C(Nc1nnc(C2CCCN2)o1)c1ncccc1O. The van der Waals surface area contributed by atoms with Crippen LogP contribution >= 0.6 is 0 Å². The molecule has 3 heterocycles. The van der Waals surface area contributed by atoms with Gasteiger partial charge in [0.25, 0.3) is 5.91 Å². The molecule has 1 unspecified atom stereocenters. The first kappa shape index (κ1) is 12.5. The number of amides is 1. The van der Waals surface area contributed by atoms with Crippen LogP contribution in [0.5, 0.6) is 5.75 Å². The average molecular weight is 275 g/mol. The highest BCUT2D eigenvalue weighted by molar-refractivity contribution is 6.03. The Hall–Kier alpha value is -2.48. The lowest BCUT2D eigenvalue weighted by Crippen LogP contribution is -2.14. The Morgan fingerprint density at radius 2 is 2.40 bits per heavy atom. The van der Waals surface area contributed by atoms with Gasteiger partial charge in [0.1, 0.15) is 5.75 Å². The number of aromatic hydroxyl groups is 1. The molecule has 8 nitrogen and oxygen atoms in total. The molecule has 1 aliphatic heterocycles. The molecular formula is C12H13N5O3. The smallest absolute Gasteiger partial charge is 0.322 e. The molecule has 1 atom stereocenters. The van der Waals surface area contributed by atoms with Crippen LogP contribution in [0.3, 0.4) is 0 Å². The van der Waals surface area contributed by atoms with Crippen LogP contribution in [0.25, 0.3) is 0 Å². The molecule has 0 radical (unpaired) electrons. The lowest BCUT2D eigenvalue weighted by molar-refractivity contribution is 0.101. The Balaban J connectivity index is 1.72. The zero-order valence-electron chi connectivity index (χ0n) is 10.5. The molecule has 0 spiro atoms. The van der Waals surface area contributed by atoms with Crippen LogP contribution in [0, 0.1) is 0 Å². The largest absolute Gasteiger partial charge is 0.505 e. The van der Waals surface area contributed by atoms with Gasteiger partial charge in [-0.15, -0.1) is 5.10 Å². The number of nitrogens with one attached hydrogen (secondary N) is 2. The van der Waals surface area contributed by atoms with Crippen LogP contribution in [0.1, 0.15) is 35.3 Å². The number of carbonyl (C=O) groups excluding carboxylic acids is 1. The fourth-order valence-electron chi connectivity index (χ4n) is 2.05. The highest BCUT2D eigenvalue weighted by atomic mass is 16.4. The second-order valence-electron chi connectivity index (χ2n) is 4.42. The molecule has 1 fully saturated rings. The molecule has 8 heteroatoms. The highest BCUT2D eigenvalue weighted by Crippen LogP contribution is 2.23. The number of aromatic nitrogens is 3. The lowest BCUT2D eigenvalue weighted by Gasteiger charge is -2.03. The van der Waals surface area contributed by atoms with Gasteiger partial charge in [0.05, 0.1) is 6.04 Å². The Morgan fingerprint density at radius 3 is 3.15 bits per heavy atom. The minimum atomic E-state index is -0.599. The van der Waals surface area contributed by atoms with E-state index in [2.05, 4.69) is 25.8 Å². The second-order valence-corrected chi connectivity index (χ2v) is 4.42. The number of pyridine rings is 1. The predicted molar refractivity (Wildman–Crippen MR) is 68.1 cm³/mol. The summed E-state index contributed by atoms with van der Waals surface area (Å²) in [6.45, 7) is 0.913. The van der Waals surface area contributed by atoms with Crippen molar-refractivity contribution in [3.05, 3.63) is 29.9 Å². The van der Waals surface area contributed by atoms with Crippen LogP contribution < -0.4 is 10.6 Å². The van der Waals surface area contributed by atoms with Crippen molar-refractivity contribution in [2.75, 3.05) is 11.9 Å². The van der Waals surface area contributed by atoms with E-state index in [4.69, 9.17) is 4.42 Å². The fraction of sp³-hybridized carbons (Fsp3) is 0.333. The third-order valence-corrected chi connectivity index (χ3v) is 3.02. The van der Waals surface area contributed by atoms with Crippen LogP contribution in [-0.2, 0) is 0 Å². The summed E-state index contributed by atoms with van der Waals surface area (Å²) in [5, 5.41) is 22.8. The molecule has 1 amide bonds. The van der Waals surface area contributed by atoms with Crippen LogP contribution in [0.15, 0.2) is 22.7 Å². The minimum absolute atomic E-state index is 0.0104. The predicted octanol–water partition coefficient (Wildman–Crippen LogP) is 0.847. The normalized spacial score (nSPS) is 18.1. The fourth-order valence-corrected chi connectivity index (χ4v) is 2.05. The maximum Gasteiger partial charge on any atom is 0.322 e. The molecule has 1 saturated heterocycles. The van der Waals surface area contributed by atoms with Gasteiger partial charge in [-0.25, -0.2) is 4.98 Å². The number of hydrogen-bond acceptors (Lipinski definition) is 7. The Morgan fingerprint density at radius 1 is 1.50 bits per heavy atom. The molecule has 2 aromatic heterocycles. The van der Waals surface area contributed by atoms with E-state index in [1.54, 1.807) is 0 Å². The zero-order chi connectivity index (χ0) is 13.9. The van der Waals surface area contributed by atoms with E-state index in [0.29, 0.717) is 5.89 Å². The second kappa shape index (κ2) is 5.25. The summed E-state index contributed by atoms with van der Waals surface area (Å²) in [5.74, 6) is -0.358. The van der Waals surface area contributed by atoms with E-state index in [9.17, 15) is 9.90 Å². The molecule has 3 N–H and O–H groups in total. The quantitative estimate of drug-likeness (QED) is 0.760. The summed E-state index contributed by atoms with van der Waals surface area (Å²) in [6.07, 6.45) is 3.39. The third-order valence-electron chi connectivity index (χ3n) is 3.02. The molecule has 104 valence electrons. The standard InChI is InChI=1S/C12H13N5O3/c18-8-4-2-6-14-9(8)10(19)15-12-17-16-11(20-12)7-3-1-5-13-7/h2,4,6-7,13,18H,1,3,5H2,(H,15,17,19). The molecule has 0 aliphatic carbocycles. The van der Waals surface area contributed by atoms with E-state index in [-0.39, 0.29) is 23.5 Å². The van der Waals surface area contributed by atoms with Crippen molar-refractivity contribution < 1.29 is 14.3 Å². The highest BCUT2D eigenvalue weighted by Gasteiger charge is 2.23. The summed E-state index contributed by atoms with van der Waals surface area (Å²) in [6, 6.07) is 2.94. The van der Waals surface area contributed by atoms with Crippen molar-refractivity contribution in [1.29, 1.82) is 0 Å². The number of rotatable bonds is 3. The molecule has 0 aromatic carbocycles. The van der Waals surface area contributed by atoms with Gasteiger partial charge in [-0.05, 0) is 31.5 Å². The van der Waals surface area contributed by atoms with Gasteiger partial charge in [-0.1, -0.05) is 5.10 Å². The van der Waals surface area contributed by atoms with Crippen LogP contribution in [0.2, 0.25) is 0 Å². The van der Waals surface area contributed by atoms with Crippen molar-refractivity contribution in [3.8, 4) is 5.75 Å². The van der Waals surface area contributed by atoms with Crippen LogP contribution in [-0.4, -0.2) is 32.7 Å². The number of anilines is 1. The van der Waals surface area contributed by atoms with Crippen LogP contribution in [0.4, 0.5) is 6.01 Å². The number of hydrogen-bond donors (Lipinski definition) is 3. The number of carbonyl (C=O) groups is 1. The Labute approximate surface area is 114 Å². The van der Waals surface area contributed by atoms with E-state index in [0.717, 1.165) is 19.4 Å². The first-order valence-electron chi connectivity index (χ1n) is 6.26. The van der Waals surface area contributed by atoms with E-state index in [1.807, 2.05) is 0 Å². The van der Waals surface area contributed by atoms with Gasteiger partial charge in [0.15, 0.2) is 5.69 Å². The van der Waals surface area contributed by atoms with Gasteiger partial charge in [0, 0.05) is 6.20 Å². The molecule has 2 aromatic rings. The average Bonchev–Trinajstić information content (AvgIpc) is 3.09. The van der Waals surface area contributed by atoms with Crippen molar-refractivity contribution in [2.24, 2.45) is 0 Å². The first-order chi connectivity index (χ1) is 9.74.